The first-order chi connectivity index (χ1) is 11.2. The normalized spacial score (nSPS) is 16.9. The van der Waals surface area contributed by atoms with E-state index >= 15 is 0 Å². The van der Waals surface area contributed by atoms with Crippen LogP contribution in [0, 0.1) is 0 Å². The van der Waals surface area contributed by atoms with Crippen molar-refractivity contribution in [2.24, 2.45) is 0 Å². The van der Waals surface area contributed by atoms with Gasteiger partial charge in [-0.3, -0.25) is 9.78 Å². The molecule has 3 heterocycles. The van der Waals surface area contributed by atoms with Crippen molar-refractivity contribution in [2.75, 3.05) is 19.6 Å². The van der Waals surface area contributed by atoms with Crippen LogP contribution in [0.2, 0.25) is 0 Å². The Morgan fingerprint density at radius 2 is 2.17 bits per heavy atom. The molecule has 3 rings (SSSR count). The summed E-state index contributed by atoms with van der Waals surface area (Å²) in [7, 11) is 0. The number of carbonyl (C=O) groups excluding carboxylic acids is 1. The molecule has 1 N–H and O–H groups in total. The summed E-state index contributed by atoms with van der Waals surface area (Å²) in [6.07, 6.45) is 8.36. The predicted molar refractivity (Wildman–Crippen MR) is 82.5 cm³/mol. The fourth-order valence-electron chi connectivity index (χ4n) is 2.69. The van der Waals surface area contributed by atoms with Gasteiger partial charge in [-0.25, -0.2) is 4.98 Å². The Bertz CT molecular complexity index is 638. The minimum Gasteiger partial charge on any atom is -0.344 e. The van der Waals surface area contributed by atoms with Crippen LogP contribution in [0.4, 0.5) is 0 Å². The van der Waals surface area contributed by atoms with E-state index in [1.54, 1.807) is 6.20 Å². The molecule has 2 aromatic heterocycles. The Morgan fingerprint density at radius 1 is 1.35 bits per heavy atom. The zero-order valence-electron chi connectivity index (χ0n) is 13.1. The standard InChI is InChI=1S/C15H20N6O2/c1-11(10-21-7-3-2-4-8-21)18-14(22)15-19-13(20-23-15)12-9-16-5-6-17-12/h5-6,9,11H,2-4,7-8,10H2,1H3,(H,18,22). The third-order valence-corrected chi connectivity index (χ3v) is 3.77. The summed E-state index contributed by atoms with van der Waals surface area (Å²) in [6.45, 7) is 5.00. The van der Waals surface area contributed by atoms with E-state index in [-0.39, 0.29) is 23.7 Å². The number of rotatable bonds is 5. The molecule has 23 heavy (non-hydrogen) atoms. The molecule has 0 aromatic carbocycles. The first-order valence-electron chi connectivity index (χ1n) is 7.85. The fourth-order valence-corrected chi connectivity index (χ4v) is 2.69. The number of carbonyl (C=O) groups is 1. The van der Waals surface area contributed by atoms with Crippen molar-refractivity contribution in [2.45, 2.75) is 32.2 Å². The van der Waals surface area contributed by atoms with Gasteiger partial charge in [-0.1, -0.05) is 11.6 Å². The molecule has 1 atom stereocenters. The Kier molecular flexibility index (Phi) is 4.92. The number of piperidine rings is 1. The second-order valence-corrected chi connectivity index (χ2v) is 5.75. The van der Waals surface area contributed by atoms with Crippen molar-refractivity contribution in [1.29, 1.82) is 0 Å². The SMILES string of the molecule is CC(CN1CCCCC1)NC(=O)c1nc(-c2cnccn2)no1. The van der Waals surface area contributed by atoms with Crippen molar-refractivity contribution >= 4 is 5.91 Å². The zero-order chi connectivity index (χ0) is 16.1. The lowest BCUT2D eigenvalue weighted by Crippen LogP contribution is -2.43. The van der Waals surface area contributed by atoms with Gasteiger partial charge in [0.15, 0.2) is 0 Å². The summed E-state index contributed by atoms with van der Waals surface area (Å²) in [4.78, 5) is 26.6. The van der Waals surface area contributed by atoms with E-state index < -0.39 is 0 Å². The minimum absolute atomic E-state index is 0.0208. The summed E-state index contributed by atoms with van der Waals surface area (Å²) < 4.78 is 5.02. The van der Waals surface area contributed by atoms with Gasteiger partial charge in [0.25, 0.3) is 0 Å². The highest BCUT2D eigenvalue weighted by atomic mass is 16.5. The minimum atomic E-state index is -0.364. The zero-order valence-corrected chi connectivity index (χ0v) is 13.1. The quantitative estimate of drug-likeness (QED) is 0.883. The maximum absolute atomic E-state index is 12.2. The molecule has 1 aliphatic heterocycles. The molecule has 0 bridgehead atoms. The highest BCUT2D eigenvalue weighted by Crippen LogP contribution is 2.11. The summed E-state index contributed by atoms with van der Waals surface area (Å²) in [5, 5.41) is 6.67. The largest absolute Gasteiger partial charge is 0.344 e. The number of aromatic nitrogens is 4. The van der Waals surface area contributed by atoms with Crippen LogP contribution in [0.5, 0.6) is 0 Å². The molecule has 1 amide bonds. The second kappa shape index (κ2) is 7.28. The van der Waals surface area contributed by atoms with Gasteiger partial charge in [-0.05, 0) is 32.9 Å². The van der Waals surface area contributed by atoms with Gasteiger partial charge >= 0.3 is 11.8 Å². The lowest BCUT2D eigenvalue weighted by atomic mass is 10.1. The van der Waals surface area contributed by atoms with Crippen molar-refractivity contribution < 1.29 is 9.32 Å². The molecule has 1 unspecified atom stereocenters. The molecule has 0 saturated carbocycles. The van der Waals surface area contributed by atoms with Gasteiger partial charge < -0.3 is 14.7 Å². The molecule has 8 heteroatoms. The predicted octanol–water partition coefficient (Wildman–Crippen LogP) is 1.13. The lowest BCUT2D eigenvalue weighted by Gasteiger charge is -2.29. The van der Waals surface area contributed by atoms with Crippen LogP contribution < -0.4 is 5.32 Å². The first-order valence-corrected chi connectivity index (χ1v) is 7.85. The third kappa shape index (κ3) is 4.10. The Hall–Kier alpha value is -2.35. The van der Waals surface area contributed by atoms with Gasteiger partial charge in [-0.15, -0.1) is 0 Å². The van der Waals surface area contributed by atoms with Crippen LogP contribution in [-0.2, 0) is 0 Å². The molecular formula is C15H20N6O2. The number of hydrogen-bond acceptors (Lipinski definition) is 7. The average Bonchev–Trinajstić information content (AvgIpc) is 3.06. The number of nitrogens with zero attached hydrogens (tertiary/aromatic N) is 5. The van der Waals surface area contributed by atoms with Gasteiger partial charge in [0, 0.05) is 25.0 Å². The van der Waals surface area contributed by atoms with Crippen molar-refractivity contribution in [3.8, 4) is 11.5 Å². The topological polar surface area (TPSA) is 97.0 Å². The van der Waals surface area contributed by atoms with Crippen molar-refractivity contribution in [3.63, 3.8) is 0 Å². The molecule has 0 radical (unpaired) electrons. The van der Waals surface area contributed by atoms with Crippen molar-refractivity contribution in [1.82, 2.24) is 30.3 Å². The van der Waals surface area contributed by atoms with Gasteiger partial charge in [0.05, 0.1) is 6.20 Å². The third-order valence-electron chi connectivity index (χ3n) is 3.77. The second-order valence-electron chi connectivity index (χ2n) is 5.75. The molecule has 1 fully saturated rings. The molecule has 1 saturated heterocycles. The molecule has 0 spiro atoms. The summed E-state index contributed by atoms with van der Waals surface area (Å²) in [6, 6.07) is 0.0208. The van der Waals surface area contributed by atoms with E-state index in [9.17, 15) is 4.79 Å². The van der Waals surface area contributed by atoms with Crippen LogP contribution in [0.3, 0.4) is 0 Å². The molecule has 122 valence electrons. The van der Waals surface area contributed by atoms with Crippen LogP contribution in [-0.4, -0.2) is 56.6 Å². The fraction of sp³-hybridized carbons (Fsp3) is 0.533. The monoisotopic (exact) mass is 316 g/mol. The van der Waals surface area contributed by atoms with Crippen LogP contribution in [0.15, 0.2) is 23.1 Å². The first kappa shape index (κ1) is 15.5. The Balaban J connectivity index is 1.56. The highest BCUT2D eigenvalue weighted by Gasteiger charge is 2.20. The lowest BCUT2D eigenvalue weighted by molar-refractivity contribution is 0.0881. The molecular weight excluding hydrogens is 296 g/mol. The number of likely N-dealkylation sites (tertiary alicyclic amines) is 1. The Labute approximate surface area is 134 Å². The number of hydrogen-bond donors (Lipinski definition) is 1. The summed E-state index contributed by atoms with van der Waals surface area (Å²) in [5.74, 6) is -0.166. The number of amides is 1. The van der Waals surface area contributed by atoms with Crippen LogP contribution in [0.25, 0.3) is 11.5 Å². The maximum Gasteiger partial charge on any atom is 0.316 e. The van der Waals surface area contributed by atoms with Gasteiger partial charge in [-0.2, -0.15) is 4.98 Å². The van der Waals surface area contributed by atoms with E-state index in [0.717, 1.165) is 19.6 Å². The molecule has 1 aliphatic rings. The van der Waals surface area contributed by atoms with Gasteiger partial charge in [0.2, 0.25) is 5.82 Å². The van der Waals surface area contributed by atoms with E-state index in [1.807, 2.05) is 6.92 Å². The number of nitrogens with one attached hydrogen (secondary N) is 1. The smallest absolute Gasteiger partial charge is 0.316 e. The van der Waals surface area contributed by atoms with E-state index in [1.165, 1.54) is 31.7 Å². The van der Waals surface area contributed by atoms with Crippen LogP contribution in [0.1, 0.15) is 36.9 Å². The van der Waals surface area contributed by atoms with Crippen molar-refractivity contribution in [3.05, 3.63) is 24.5 Å². The van der Waals surface area contributed by atoms with E-state index in [0.29, 0.717) is 5.69 Å². The summed E-state index contributed by atoms with van der Waals surface area (Å²) >= 11 is 0. The van der Waals surface area contributed by atoms with E-state index in [2.05, 4.69) is 30.3 Å². The average molecular weight is 316 g/mol. The molecule has 8 nitrogen and oxygen atoms in total. The Morgan fingerprint density at radius 3 is 2.91 bits per heavy atom. The summed E-state index contributed by atoms with van der Waals surface area (Å²) in [5.41, 5.74) is 0.469. The maximum atomic E-state index is 12.2. The van der Waals surface area contributed by atoms with Crippen LogP contribution >= 0.6 is 0 Å². The highest BCUT2D eigenvalue weighted by molar-refractivity contribution is 5.90. The molecule has 0 aliphatic carbocycles. The van der Waals surface area contributed by atoms with Gasteiger partial charge in [0.1, 0.15) is 5.69 Å². The molecule has 2 aromatic rings. The van der Waals surface area contributed by atoms with E-state index in [4.69, 9.17) is 4.52 Å².